The number of hydrogen-bond acceptors (Lipinski definition) is 4. The molecule has 2 N–H and O–H groups in total. The van der Waals surface area contributed by atoms with Crippen molar-refractivity contribution >= 4 is 22.8 Å². The Morgan fingerprint density at radius 3 is 2.66 bits per heavy atom. The van der Waals surface area contributed by atoms with Crippen LogP contribution in [0, 0.1) is 17.7 Å². The number of para-hydroxylation sites is 1. The molecule has 0 saturated carbocycles. The topological polar surface area (TPSA) is 67.4 Å². The van der Waals surface area contributed by atoms with Crippen molar-refractivity contribution in [3.8, 4) is 11.8 Å². The average Bonchev–Trinajstić information content (AvgIpc) is 3.07. The summed E-state index contributed by atoms with van der Waals surface area (Å²) in [6.45, 7) is 3.74. The first-order chi connectivity index (χ1) is 14.0. The maximum absolute atomic E-state index is 13.3. The summed E-state index contributed by atoms with van der Waals surface area (Å²) in [5.74, 6) is 6.04. The fourth-order valence-electron chi connectivity index (χ4n) is 3.59. The Bertz CT molecular complexity index is 1120. The second kappa shape index (κ2) is 7.94. The maximum Gasteiger partial charge on any atom is 0.324 e. The van der Waals surface area contributed by atoms with Gasteiger partial charge in [0.2, 0.25) is 0 Å². The molecule has 148 valence electrons. The molecule has 0 atom stereocenters. The van der Waals surface area contributed by atoms with Gasteiger partial charge in [-0.2, -0.15) is 0 Å². The smallest absolute Gasteiger partial charge is 0.324 e. The molecule has 1 saturated heterocycles. The van der Waals surface area contributed by atoms with E-state index in [2.05, 4.69) is 28.7 Å². The highest BCUT2D eigenvalue weighted by atomic mass is 19.1. The van der Waals surface area contributed by atoms with Crippen molar-refractivity contribution in [1.82, 2.24) is 14.5 Å². The van der Waals surface area contributed by atoms with Crippen LogP contribution in [0.4, 0.5) is 14.9 Å². The molecule has 0 radical (unpaired) electrons. The van der Waals surface area contributed by atoms with E-state index in [1.54, 1.807) is 12.1 Å². The van der Waals surface area contributed by atoms with Gasteiger partial charge in [-0.05, 0) is 37.4 Å². The lowest BCUT2D eigenvalue weighted by molar-refractivity contribution is 0.250. The molecule has 0 unspecified atom stereocenters. The third kappa shape index (κ3) is 3.93. The minimum Gasteiger partial charge on any atom is -0.367 e. The average molecular weight is 391 g/mol. The van der Waals surface area contributed by atoms with Crippen LogP contribution in [-0.2, 0) is 6.42 Å². The minimum absolute atomic E-state index is 0.232. The van der Waals surface area contributed by atoms with E-state index >= 15 is 0 Å². The number of benzene rings is 2. The van der Waals surface area contributed by atoms with Gasteiger partial charge in [0.1, 0.15) is 17.2 Å². The summed E-state index contributed by atoms with van der Waals surface area (Å²) < 4.78 is 14.7. The lowest BCUT2D eigenvalue weighted by Gasteiger charge is -2.34. The van der Waals surface area contributed by atoms with Crippen molar-refractivity contribution in [3.05, 3.63) is 59.7 Å². The number of nitrogens with two attached hydrogens (primary N) is 1. The Morgan fingerprint density at radius 1 is 1.17 bits per heavy atom. The highest BCUT2D eigenvalue weighted by molar-refractivity contribution is 5.96. The highest BCUT2D eigenvalue weighted by Crippen LogP contribution is 2.28. The third-order valence-corrected chi connectivity index (χ3v) is 5.10. The van der Waals surface area contributed by atoms with Crippen molar-refractivity contribution in [1.29, 1.82) is 0 Å². The second-order valence-electron chi connectivity index (χ2n) is 7.13. The van der Waals surface area contributed by atoms with E-state index in [1.807, 2.05) is 18.2 Å². The van der Waals surface area contributed by atoms with Gasteiger partial charge in [0, 0.05) is 31.7 Å². The van der Waals surface area contributed by atoms with Crippen molar-refractivity contribution in [2.75, 3.05) is 38.1 Å². The fourth-order valence-corrected chi connectivity index (χ4v) is 3.59. The monoisotopic (exact) mass is 391 g/mol. The maximum atomic E-state index is 13.3. The summed E-state index contributed by atoms with van der Waals surface area (Å²) in [7, 11) is 2.11. The summed E-state index contributed by atoms with van der Waals surface area (Å²) in [6, 6.07) is 11.3. The number of piperazine rings is 1. The van der Waals surface area contributed by atoms with Crippen LogP contribution in [0.15, 0.2) is 42.5 Å². The van der Waals surface area contributed by atoms with Gasteiger partial charge in [0.25, 0.3) is 0 Å². The molecule has 0 aliphatic carbocycles. The first kappa shape index (κ1) is 19.0. The third-order valence-electron chi connectivity index (χ3n) is 5.10. The molecule has 1 fully saturated rings. The molecule has 3 aromatic rings. The van der Waals surface area contributed by atoms with Gasteiger partial charge < -0.3 is 15.5 Å². The largest absolute Gasteiger partial charge is 0.367 e. The van der Waals surface area contributed by atoms with E-state index in [-0.39, 0.29) is 12.2 Å². The number of halogens is 1. The van der Waals surface area contributed by atoms with E-state index in [9.17, 15) is 9.18 Å². The predicted octanol–water partition coefficient (Wildman–Crippen LogP) is 2.45. The van der Waals surface area contributed by atoms with Crippen LogP contribution in [0.25, 0.3) is 11.0 Å². The van der Waals surface area contributed by atoms with Gasteiger partial charge in [-0.1, -0.05) is 24.0 Å². The molecular weight excluding hydrogens is 369 g/mol. The lowest BCUT2D eigenvalue weighted by Crippen LogP contribution is -2.44. The number of rotatable bonds is 2. The number of anilines is 1. The van der Waals surface area contributed by atoms with E-state index in [0.29, 0.717) is 16.9 Å². The Labute approximate surface area is 168 Å². The van der Waals surface area contributed by atoms with Crippen LogP contribution in [0.3, 0.4) is 0 Å². The Balaban J connectivity index is 1.70. The van der Waals surface area contributed by atoms with Crippen molar-refractivity contribution < 1.29 is 9.18 Å². The number of imidazole rings is 1. The van der Waals surface area contributed by atoms with Crippen LogP contribution in [0.1, 0.15) is 11.4 Å². The van der Waals surface area contributed by atoms with Crippen LogP contribution < -0.4 is 10.6 Å². The molecule has 2 aromatic carbocycles. The first-order valence-corrected chi connectivity index (χ1v) is 9.51. The normalized spacial score (nSPS) is 14.6. The van der Waals surface area contributed by atoms with E-state index in [4.69, 9.17) is 10.7 Å². The summed E-state index contributed by atoms with van der Waals surface area (Å²) in [5.41, 5.74) is 8.64. The fraction of sp³-hybridized carbons (Fsp3) is 0.273. The van der Waals surface area contributed by atoms with Crippen molar-refractivity contribution in [2.24, 2.45) is 5.73 Å². The number of hydrogen-bond donors (Lipinski definition) is 1. The number of aromatic nitrogens is 2. The van der Waals surface area contributed by atoms with E-state index in [1.165, 1.54) is 16.7 Å². The number of amides is 1. The Kier molecular flexibility index (Phi) is 5.19. The molecule has 1 aliphatic heterocycles. The number of likely N-dealkylation sites (N-methyl/N-ethyl adjacent to an activating group) is 1. The van der Waals surface area contributed by atoms with Crippen LogP contribution in [-0.4, -0.2) is 53.7 Å². The van der Waals surface area contributed by atoms with Crippen LogP contribution >= 0.6 is 0 Å². The minimum atomic E-state index is -0.592. The van der Waals surface area contributed by atoms with Gasteiger partial charge in [0.15, 0.2) is 0 Å². The van der Waals surface area contributed by atoms with Gasteiger partial charge >= 0.3 is 6.03 Å². The number of carbonyl (C=O) groups excluding carboxylic acids is 1. The molecule has 29 heavy (non-hydrogen) atoms. The molecule has 1 aromatic heterocycles. The molecule has 1 amide bonds. The molecule has 7 heteroatoms. The molecule has 4 rings (SSSR count). The zero-order chi connectivity index (χ0) is 20.4. The number of nitrogens with zero attached hydrogens (tertiary/aromatic N) is 4. The highest BCUT2D eigenvalue weighted by Gasteiger charge is 2.21. The molecular formula is C22H22FN5O. The zero-order valence-electron chi connectivity index (χ0n) is 16.2. The van der Waals surface area contributed by atoms with E-state index in [0.717, 1.165) is 37.4 Å². The molecule has 6 nitrogen and oxygen atoms in total. The van der Waals surface area contributed by atoms with Crippen LogP contribution in [0.2, 0.25) is 0 Å². The summed E-state index contributed by atoms with van der Waals surface area (Å²) >= 11 is 0. The molecule has 0 spiro atoms. The number of primary amides is 1. The van der Waals surface area contributed by atoms with Gasteiger partial charge in [-0.3, -0.25) is 0 Å². The van der Waals surface area contributed by atoms with Crippen LogP contribution in [0.5, 0.6) is 0 Å². The summed E-state index contributed by atoms with van der Waals surface area (Å²) in [5, 5.41) is 0. The molecule has 1 aliphatic rings. The molecule has 0 bridgehead atoms. The van der Waals surface area contributed by atoms with E-state index < -0.39 is 6.03 Å². The summed E-state index contributed by atoms with van der Waals surface area (Å²) in [4.78, 5) is 21.4. The first-order valence-electron chi connectivity index (χ1n) is 9.51. The predicted molar refractivity (Wildman–Crippen MR) is 111 cm³/mol. The van der Waals surface area contributed by atoms with Gasteiger partial charge in [0.05, 0.1) is 17.6 Å². The quantitative estimate of drug-likeness (QED) is 0.682. The standard InChI is InChI=1S/C22H22FN5O/c1-26-11-13-27(14-12-26)18-8-4-9-19-21(18)25-20(28(19)22(24)29)10-3-6-16-5-2-7-17(23)15-16/h2,4-5,7-9,15H,10-14H2,1H3,(H2,24,29). The SMILES string of the molecule is CN1CCN(c2cccc3c2nc(CC#Cc2cccc(F)c2)n3C(N)=O)CC1. The number of carbonyl (C=O) groups is 1. The van der Waals surface area contributed by atoms with Gasteiger partial charge in [-0.25, -0.2) is 18.7 Å². The summed E-state index contributed by atoms with van der Waals surface area (Å²) in [6.07, 6.45) is 0.232. The lowest BCUT2D eigenvalue weighted by atomic mass is 10.2. The number of fused-ring (bicyclic) bond motifs is 1. The van der Waals surface area contributed by atoms with Gasteiger partial charge in [-0.15, -0.1) is 0 Å². The molecule has 2 heterocycles. The zero-order valence-corrected chi connectivity index (χ0v) is 16.2. The second-order valence-corrected chi connectivity index (χ2v) is 7.13. The Hall–Kier alpha value is -3.37. The van der Waals surface area contributed by atoms with Crippen molar-refractivity contribution in [2.45, 2.75) is 6.42 Å². The Morgan fingerprint density at radius 2 is 1.93 bits per heavy atom. The van der Waals surface area contributed by atoms with Crippen molar-refractivity contribution in [3.63, 3.8) is 0 Å².